The molecular weight excluding hydrogens is 255 g/mol. The van der Waals surface area contributed by atoms with Crippen molar-refractivity contribution in [2.45, 2.75) is 19.9 Å². The zero-order valence-corrected chi connectivity index (χ0v) is 10.8. The molecule has 0 unspecified atom stereocenters. The molecule has 3 nitrogen and oxygen atoms in total. The SMILES string of the molecule is CCCNCc1ncoc1-c1cc(Cl)ccc1F. The van der Waals surface area contributed by atoms with Crippen molar-refractivity contribution in [3.63, 3.8) is 0 Å². The van der Waals surface area contributed by atoms with Gasteiger partial charge in [-0.15, -0.1) is 0 Å². The highest BCUT2D eigenvalue weighted by Crippen LogP contribution is 2.28. The van der Waals surface area contributed by atoms with Crippen LogP contribution in [-0.2, 0) is 6.54 Å². The van der Waals surface area contributed by atoms with Gasteiger partial charge in [-0.05, 0) is 31.2 Å². The van der Waals surface area contributed by atoms with E-state index < -0.39 is 0 Å². The first kappa shape index (κ1) is 13.1. The van der Waals surface area contributed by atoms with Crippen LogP contribution in [0, 0.1) is 5.82 Å². The van der Waals surface area contributed by atoms with Crippen LogP contribution in [-0.4, -0.2) is 11.5 Å². The van der Waals surface area contributed by atoms with Crippen molar-refractivity contribution in [3.8, 4) is 11.3 Å². The first-order valence-electron chi connectivity index (χ1n) is 5.81. The molecule has 0 saturated carbocycles. The summed E-state index contributed by atoms with van der Waals surface area (Å²) in [6, 6.07) is 4.37. The fourth-order valence-electron chi connectivity index (χ4n) is 1.67. The summed E-state index contributed by atoms with van der Waals surface area (Å²) >= 11 is 5.87. The smallest absolute Gasteiger partial charge is 0.181 e. The van der Waals surface area contributed by atoms with Crippen LogP contribution in [0.4, 0.5) is 4.39 Å². The van der Waals surface area contributed by atoms with Crippen LogP contribution >= 0.6 is 11.6 Å². The molecule has 0 aliphatic rings. The minimum Gasteiger partial charge on any atom is -0.443 e. The highest BCUT2D eigenvalue weighted by molar-refractivity contribution is 6.30. The van der Waals surface area contributed by atoms with E-state index in [1.165, 1.54) is 18.5 Å². The second kappa shape index (κ2) is 5.98. The van der Waals surface area contributed by atoms with Crippen LogP contribution < -0.4 is 5.32 Å². The molecule has 96 valence electrons. The van der Waals surface area contributed by atoms with E-state index >= 15 is 0 Å². The lowest BCUT2D eigenvalue weighted by atomic mass is 10.1. The van der Waals surface area contributed by atoms with Gasteiger partial charge in [-0.3, -0.25) is 0 Å². The Bertz CT molecular complexity index is 527. The minimum absolute atomic E-state index is 0.341. The fraction of sp³-hybridized carbons (Fsp3) is 0.308. The van der Waals surface area contributed by atoms with Crippen molar-refractivity contribution in [2.24, 2.45) is 0 Å². The summed E-state index contributed by atoms with van der Waals surface area (Å²) in [7, 11) is 0. The molecule has 0 amide bonds. The number of rotatable bonds is 5. The van der Waals surface area contributed by atoms with Crippen molar-refractivity contribution in [2.75, 3.05) is 6.54 Å². The molecule has 1 heterocycles. The third kappa shape index (κ3) is 2.89. The molecular formula is C13H14ClFN2O. The van der Waals surface area contributed by atoms with Crippen LogP contribution in [0.5, 0.6) is 0 Å². The summed E-state index contributed by atoms with van der Waals surface area (Å²) in [6.45, 7) is 3.50. The summed E-state index contributed by atoms with van der Waals surface area (Å²) < 4.78 is 19.0. The number of nitrogens with one attached hydrogen (secondary N) is 1. The van der Waals surface area contributed by atoms with E-state index in [9.17, 15) is 4.39 Å². The average Bonchev–Trinajstić information content (AvgIpc) is 2.81. The molecule has 5 heteroatoms. The summed E-state index contributed by atoms with van der Waals surface area (Å²) in [5.41, 5.74) is 1.03. The molecule has 1 aromatic carbocycles. The predicted molar refractivity (Wildman–Crippen MR) is 68.9 cm³/mol. The Balaban J connectivity index is 2.27. The van der Waals surface area contributed by atoms with E-state index in [4.69, 9.17) is 16.0 Å². The Kier molecular flexibility index (Phi) is 4.33. The van der Waals surface area contributed by atoms with Gasteiger partial charge < -0.3 is 9.73 Å². The van der Waals surface area contributed by atoms with E-state index in [2.05, 4.69) is 17.2 Å². The summed E-state index contributed by atoms with van der Waals surface area (Å²) in [5.74, 6) is 0.0616. The fourth-order valence-corrected chi connectivity index (χ4v) is 1.84. The van der Waals surface area contributed by atoms with Gasteiger partial charge in [0.15, 0.2) is 12.2 Å². The van der Waals surface area contributed by atoms with Crippen LogP contribution in [0.2, 0.25) is 5.02 Å². The second-order valence-electron chi connectivity index (χ2n) is 3.93. The lowest BCUT2D eigenvalue weighted by molar-refractivity contribution is 0.558. The Morgan fingerprint density at radius 2 is 2.28 bits per heavy atom. The highest BCUT2D eigenvalue weighted by atomic mass is 35.5. The van der Waals surface area contributed by atoms with Crippen LogP contribution in [0.15, 0.2) is 29.0 Å². The first-order valence-corrected chi connectivity index (χ1v) is 6.18. The van der Waals surface area contributed by atoms with E-state index in [-0.39, 0.29) is 5.82 Å². The Labute approximate surface area is 110 Å². The molecule has 0 atom stereocenters. The molecule has 0 aliphatic heterocycles. The molecule has 2 aromatic rings. The van der Waals surface area contributed by atoms with Crippen LogP contribution in [0.25, 0.3) is 11.3 Å². The number of hydrogen-bond acceptors (Lipinski definition) is 3. The Hall–Kier alpha value is -1.39. The zero-order chi connectivity index (χ0) is 13.0. The normalized spacial score (nSPS) is 10.8. The predicted octanol–water partition coefficient (Wildman–Crippen LogP) is 3.63. The standard InChI is InChI=1S/C13H14ClFN2O/c1-2-5-16-7-12-13(18-8-17-12)10-6-9(14)3-4-11(10)15/h3-4,6,8,16H,2,5,7H2,1H3. The minimum atomic E-state index is -0.368. The largest absolute Gasteiger partial charge is 0.443 e. The Morgan fingerprint density at radius 1 is 1.44 bits per heavy atom. The van der Waals surface area contributed by atoms with Gasteiger partial charge in [-0.25, -0.2) is 9.37 Å². The number of nitrogens with zero attached hydrogens (tertiary/aromatic N) is 1. The maximum absolute atomic E-state index is 13.7. The lowest BCUT2D eigenvalue weighted by Gasteiger charge is -2.04. The molecule has 1 aromatic heterocycles. The van der Waals surface area contributed by atoms with Crippen molar-refractivity contribution in [1.29, 1.82) is 0 Å². The third-order valence-electron chi connectivity index (χ3n) is 2.53. The number of hydrogen-bond donors (Lipinski definition) is 1. The van der Waals surface area contributed by atoms with Gasteiger partial charge >= 0.3 is 0 Å². The molecule has 0 spiro atoms. The molecule has 2 rings (SSSR count). The maximum atomic E-state index is 13.7. The van der Waals surface area contributed by atoms with Crippen molar-refractivity contribution >= 4 is 11.6 Å². The molecule has 0 fully saturated rings. The maximum Gasteiger partial charge on any atom is 0.181 e. The van der Waals surface area contributed by atoms with Gasteiger partial charge in [0.1, 0.15) is 11.5 Å². The van der Waals surface area contributed by atoms with Crippen molar-refractivity contribution < 1.29 is 8.81 Å². The van der Waals surface area contributed by atoms with E-state index in [1.807, 2.05) is 0 Å². The number of oxazole rings is 1. The summed E-state index contributed by atoms with van der Waals surface area (Å²) in [6.07, 6.45) is 2.34. The molecule has 18 heavy (non-hydrogen) atoms. The topological polar surface area (TPSA) is 38.1 Å². The summed E-state index contributed by atoms with van der Waals surface area (Å²) in [4.78, 5) is 4.10. The third-order valence-corrected chi connectivity index (χ3v) is 2.77. The molecule has 0 aliphatic carbocycles. The van der Waals surface area contributed by atoms with Crippen molar-refractivity contribution in [1.82, 2.24) is 10.3 Å². The molecule has 1 N–H and O–H groups in total. The number of halogens is 2. The molecule has 0 saturated heterocycles. The van der Waals surface area contributed by atoms with Gasteiger partial charge in [-0.1, -0.05) is 18.5 Å². The number of aromatic nitrogens is 1. The average molecular weight is 269 g/mol. The van der Waals surface area contributed by atoms with Gasteiger partial charge in [0, 0.05) is 11.6 Å². The van der Waals surface area contributed by atoms with E-state index in [0.717, 1.165) is 13.0 Å². The summed E-state index contributed by atoms with van der Waals surface area (Å²) in [5, 5.41) is 3.67. The van der Waals surface area contributed by atoms with E-state index in [0.29, 0.717) is 28.6 Å². The zero-order valence-electron chi connectivity index (χ0n) is 10.0. The lowest BCUT2D eigenvalue weighted by Crippen LogP contribution is -2.14. The van der Waals surface area contributed by atoms with Gasteiger partial charge in [0.25, 0.3) is 0 Å². The monoisotopic (exact) mass is 268 g/mol. The van der Waals surface area contributed by atoms with E-state index in [1.54, 1.807) is 6.07 Å². The van der Waals surface area contributed by atoms with Gasteiger partial charge in [-0.2, -0.15) is 0 Å². The highest BCUT2D eigenvalue weighted by Gasteiger charge is 2.15. The molecule has 0 bridgehead atoms. The van der Waals surface area contributed by atoms with Gasteiger partial charge in [0.2, 0.25) is 0 Å². The van der Waals surface area contributed by atoms with Gasteiger partial charge in [0.05, 0.1) is 5.56 Å². The van der Waals surface area contributed by atoms with Crippen LogP contribution in [0.3, 0.4) is 0 Å². The Morgan fingerprint density at radius 3 is 3.06 bits per heavy atom. The van der Waals surface area contributed by atoms with Crippen molar-refractivity contribution in [3.05, 3.63) is 41.1 Å². The second-order valence-corrected chi connectivity index (χ2v) is 4.37. The number of benzene rings is 1. The van der Waals surface area contributed by atoms with Crippen LogP contribution in [0.1, 0.15) is 19.0 Å². The quantitative estimate of drug-likeness (QED) is 0.842. The first-order chi connectivity index (χ1) is 8.72. The molecule has 0 radical (unpaired) electrons.